The van der Waals surface area contributed by atoms with Gasteiger partial charge in [-0.05, 0) is 57.0 Å². The molecule has 236 valence electrons. The molecule has 2 aromatic heterocycles. The van der Waals surface area contributed by atoms with Crippen molar-refractivity contribution >= 4 is 35.0 Å². The van der Waals surface area contributed by atoms with Gasteiger partial charge in [-0.15, -0.1) is 0 Å². The van der Waals surface area contributed by atoms with Crippen LogP contribution in [-0.2, 0) is 11.0 Å². The lowest BCUT2D eigenvalue weighted by Gasteiger charge is -2.33. The summed E-state index contributed by atoms with van der Waals surface area (Å²) in [6, 6.07) is 8.01. The number of pyridine rings is 1. The predicted molar refractivity (Wildman–Crippen MR) is 164 cm³/mol. The molecule has 1 saturated carbocycles. The summed E-state index contributed by atoms with van der Waals surface area (Å²) in [4.78, 5) is 41.7. The molecule has 1 atom stereocenters. The van der Waals surface area contributed by atoms with Gasteiger partial charge in [0.05, 0.1) is 16.8 Å². The number of likely N-dealkylation sites (N-methyl/N-ethyl adjacent to an activating group) is 1. The third-order valence-corrected chi connectivity index (χ3v) is 7.79. The van der Waals surface area contributed by atoms with E-state index in [1.807, 2.05) is 6.08 Å². The summed E-state index contributed by atoms with van der Waals surface area (Å²) < 4.78 is 39.0. The number of nitrogen functional groups attached to an aromatic ring is 1. The van der Waals surface area contributed by atoms with Crippen molar-refractivity contribution in [2.45, 2.75) is 43.9 Å². The molecule has 1 aromatic carbocycles. The summed E-state index contributed by atoms with van der Waals surface area (Å²) >= 11 is 0. The maximum absolute atomic E-state index is 13.0. The number of likely N-dealkylation sites (tertiary alicyclic amines) is 1. The summed E-state index contributed by atoms with van der Waals surface area (Å²) in [7, 11) is 2.06. The number of carbonyl (C=O) groups excluding carboxylic acids is 2. The number of nitrogens with two attached hydrogens (primary N) is 1. The maximum Gasteiger partial charge on any atom is 0.416 e. The number of nitrogens with one attached hydrogen (secondary N) is 3. The Morgan fingerprint density at radius 1 is 1.11 bits per heavy atom. The molecule has 45 heavy (non-hydrogen) atoms. The molecule has 1 saturated heterocycles. The van der Waals surface area contributed by atoms with Crippen LogP contribution in [0.4, 0.5) is 30.6 Å². The number of amides is 2. The molecule has 0 spiro atoms. The van der Waals surface area contributed by atoms with Gasteiger partial charge in [-0.2, -0.15) is 13.2 Å². The topological polar surface area (TPSA) is 153 Å². The molecule has 1 aliphatic heterocycles. The van der Waals surface area contributed by atoms with Crippen molar-refractivity contribution in [2.24, 2.45) is 0 Å². The monoisotopic (exact) mass is 621 g/mol. The molecule has 3 aromatic rings. The van der Waals surface area contributed by atoms with E-state index in [0.717, 1.165) is 37.7 Å². The van der Waals surface area contributed by atoms with E-state index in [4.69, 9.17) is 11.1 Å². The van der Waals surface area contributed by atoms with Gasteiger partial charge >= 0.3 is 6.18 Å². The van der Waals surface area contributed by atoms with Crippen molar-refractivity contribution in [3.63, 3.8) is 0 Å². The van der Waals surface area contributed by atoms with Crippen LogP contribution in [0.15, 0.2) is 61.1 Å². The summed E-state index contributed by atoms with van der Waals surface area (Å²) in [6.45, 7) is 1.84. The van der Waals surface area contributed by atoms with Gasteiger partial charge < -0.3 is 21.3 Å². The third kappa shape index (κ3) is 8.01. The lowest BCUT2D eigenvalue weighted by molar-refractivity contribution is -0.137. The number of alkyl halides is 3. The first-order chi connectivity index (χ1) is 21.5. The largest absolute Gasteiger partial charge is 0.416 e. The molecule has 0 radical (unpaired) electrons. The average Bonchev–Trinajstić information content (AvgIpc) is 3.87. The number of hydrogen-bond donors (Lipinski definition) is 4. The molecule has 2 amide bonds. The van der Waals surface area contributed by atoms with E-state index in [9.17, 15) is 22.8 Å². The van der Waals surface area contributed by atoms with Crippen LogP contribution in [-0.4, -0.2) is 81.0 Å². The van der Waals surface area contributed by atoms with Crippen molar-refractivity contribution in [1.29, 1.82) is 5.41 Å². The first-order valence-corrected chi connectivity index (χ1v) is 14.6. The third-order valence-electron chi connectivity index (χ3n) is 7.79. The average molecular weight is 622 g/mol. The molecule has 5 rings (SSSR count). The van der Waals surface area contributed by atoms with Crippen LogP contribution in [0.5, 0.6) is 0 Å². The number of aromatic nitrogens is 3. The van der Waals surface area contributed by atoms with E-state index in [2.05, 4.69) is 37.5 Å². The van der Waals surface area contributed by atoms with Gasteiger partial charge in [0.25, 0.3) is 5.91 Å². The fourth-order valence-electron chi connectivity index (χ4n) is 5.13. The normalized spacial score (nSPS) is 17.0. The summed E-state index contributed by atoms with van der Waals surface area (Å²) in [5.74, 6) is -0.510. The summed E-state index contributed by atoms with van der Waals surface area (Å²) in [5, 5.41) is 14.6. The number of rotatable bonds is 10. The van der Waals surface area contributed by atoms with Gasteiger partial charge in [0.15, 0.2) is 0 Å². The molecule has 2 aliphatic rings. The lowest BCUT2D eigenvalue weighted by Crippen LogP contribution is -2.45. The molecule has 11 nitrogen and oxygen atoms in total. The smallest absolute Gasteiger partial charge is 0.383 e. The van der Waals surface area contributed by atoms with E-state index in [0.29, 0.717) is 30.5 Å². The predicted octanol–water partition coefficient (Wildman–Crippen LogP) is 4.19. The molecule has 0 bridgehead atoms. The molecule has 3 heterocycles. The number of hydrogen-bond acceptors (Lipinski definition) is 9. The van der Waals surface area contributed by atoms with Crippen LogP contribution in [0.1, 0.15) is 52.7 Å². The molecule has 14 heteroatoms. The number of piperidine rings is 1. The van der Waals surface area contributed by atoms with Crippen molar-refractivity contribution < 1.29 is 22.8 Å². The molecule has 1 unspecified atom stereocenters. The summed E-state index contributed by atoms with van der Waals surface area (Å²) in [6.07, 6.45) is 5.23. The second kappa shape index (κ2) is 13.4. The van der Waals surface area contributed by atoms with E-state index in [1.54, 1.807) is 11.0 Å². The maximum atomic E-state index is 13.0. The fraction of sp³-hybridized carbons (Fsp3) is 0.355. The first kappa shape index (κ1) is 31.6. The Hall–Kier alpha value is -4.85. The first-order valence-electron chi connectivity index (χ1n) is 14.6. The zero-order valence-corrected chi connectivity index (χ0v) is 24.6. The SMILES string of the molecule is CN(C/C=C/C(=O)N1CCCC(Nc2ncnc(N)c2C(=N)c2ccc(C(=O)Nc3cc(C(F)(F)F)ccn3)cc2)C1)C1CC1. The van der Waals surface area contributed by atoms with E-state index >= 15 is 0 Å². The van der Waals surface area contributed by atoms with E-state index in [-0.39, 0.29) is 40.4 Å². The molecule has 1 aliphatic carbocycles. The van der Waals surface area contributed by atoms with Crippen LogP contribution in [0.25, 0.3) is 0 Å². The van der Waals surface area contributed by atoms with Gasteiger partial charge in [-0.25, -0.2) is 15.0 Å². The second-order valence-corrected chi connectivity index (χ2v) is 11.2. The van der Waals surface area contributed by atoms with Gasteiger partial charge in [0.2, 0.25) is 5.91 Å². The Balaban J connectivity index is 1.23. The van der Waals surface area contributed by atoms with Crippen molar-refractivity contribution in [3.05, 3.63) is 83.3 Å². The van der Waals surface area contributed by atoms with Crippen molar-refractivity contribution in [1.82, 2.24) is 24.8 Å². The zero-order chi connectivity index (χ0) is 32.1. The van der Waals surface area contributed by atoms with Gasteiger partial charge in [0, 0.05) is 55.1 Å². The van der Waals surface area contributed by atoms with Crippen LogP contribution >= 0.6 is 0 Å². The van der Waals surface area contributed by atoms with Gasteiger partial charge in [-0.3, -0.25) is 19.9 Å². The van der Waals surface area contributed by atoms with Crippen LogP contribution in [0.2, 0.25) is 0 Å². The number of benzene rings is 1. The minimum Gasteiger partial charge on any atom is -0.383 e. The highest BCUT2D eigenvalue weighted by Gasteiger charge is 2.31. The summed E-state index contributed by atoms with van der Waals surface area (Å²) in [5.41, 5.74) is 6.11. The zero-order valence-electron chi connectivity index (χ0n) is 24.6. The standard InChI is InChI=1S/C31H34F3N9O2/c1-42(23-10-11-23)14-3-5-25(44)43-15-2-4-22(17-43)40-29-26(28(36)38-18-39-29)27(35)19-6-8-20(9-7-19)30(45)41-24-16-21(12-13-37-24)31(32,33)34/h3,5-9,12-13,16,18,22-23,35H,2,4,10-11,14-15,17H2,1H3,(H,37,41,45)(H3,36,38,39,40)/b5-3+,35-27?. The van der Waals surface area contributed by atoms with Crippen molar-refractivity contribution in [3.8, 4) is 0 Å². The fourth-order valence-corrected chi connectivity index (χ4v) is 5.13. The minimum atomic E-state index is -4.57. The lowest BCUT2D eigenvalue weighted by atomic mass is 10.0. The number of nitrogens with zero attached hydrogens (tertiary/aromatic N) is 5. The second-order valence-electron chi connectivity index (χ2n) is 11.2. The highest BCUT2D eigenvalue weighted by atomic mass is 19.4. The van der Waals surface area contributed by atoms with Crippen LogP contribution in [0, 0.1) is 5.41 Å². The Morgan fingerprint density at radius 3 is 2.56 bits per heavy atom. The molecule has 5 N–H and O–H groups in total. The van der Waals surface area contributed by atoms with Gasteiger partial charge in [0.1, 0.15) is 23.8 Å². The van der Waals surface area contributed by atoms with E-state index in [1.165, 1.54) is 43.4 Å². The quantitative estimate of drug-likeness (QED) is 0.194. The molecule has 2 fully saturated rings. The van der Waals surface area contributed by atoms with E-state index < -0.39 is 17.6 Å². The van der Waals surface area contributed by atoms with Crippen molar-refractivity contribution in [2.75, 3.05) is 43.0 Å². The Bertz CT molecular complexity index is 1590. The minimum absolute atomic E-state index is 0.00793. The highest BCUT2D eigenvalue weighted by Crippen LogP contribution is 2.30. The van der Waals surface area contributed by atoms with Crippen LogP contribution in [0.3, 0.4) is 0 Å². The molecular weight excluding hydrogens is 587 g/mol. The Kier molecular flexibility index (Phi) is 9.42. The Morgan fingerprint density at radius 2 is 1.84 bits per heavy atom. The number of halogens is 3. The number of anilines is 3. The highest BCUT2D eigenvalue weighted by molar-refractivity contribution is 6.16. The number of carbonyl (C=O) groups is 2. The Labute approximate surface area is 258 Å². The van der Waals surface area contributed by atoms with Crippen LogP contribution < -0.4 is 16.4 Å². The van der Waals surface area contributed by atoms with Gasteiger partial charge in [-0.1, -0.05) is 18.2 Å². The molecular formula is C31H34F3N9O2.